The normalized spacial score (nSPS) is 11.8. The minimum Gasteiger partial charge on any atom is -0.346 e. The van der Waals surface area contributed by atoms with Gasteiger partial charge in [0.15, 0.2) is 0 Å². The van der Waals surface area contributed by atoms with Crippen molar-refractivity contribution in [3.63, 3.8) is 0 Å². The van der Waals surface area contributed by atoms with Crippen LogP contribution in [0, 0.1) is 0 Å². The summed E-state index contributed by atoms with van der Waals surface area (Å²) >= 11 is 0. The van der Waals surface area contributed by atoms with Crippen molar-refractivity contribution in [3.8, 4) is 0 Å². The molecule has 0 spiro atoms. The molecule has 0 fully saturated rings. The van der Waals surface area contributed by atoms with Crippen molar-refractivity contribution in [2.75, 3.05) is 12.4 Å². The van der Waals surface area contributed by atoms with Gasteiger partial charge in [-0.2, -0.15) is 0 Å². The number of nitrogens with one attached hydrogen (secondary N) is 1. The molecule has 3 nitrogen and oxygen atoms in total. The first kappa shape index (κ1) is 13.0. The fraction of sp³-hybridized carbons (Fsp3) is 0.125. The van der Waals surface area contributed by atoms with E-state index < -0.39 is 0 Å². The maximum absolute atomic E-state index is 4.63. The molecular formula is C16H17N3. The third-order valence-electron chi connectivity index (χ3n) is 2.72. The molecule has 0 saturated heterocycles. The van der Waals surface area contributed by atoms with E-state index in [1.165, 1.54) is 0 Å². The molecule has 0 radical (unpaired) electrons. The van der Waals surface area contributed by atoms with Crippen LogP contribution in [0.15, 0.2) is 64.6 Å². The van der Waals surface area contributed by atoms with Crippen molar-refractivity contribution in [2.45, 2.75) is 6.92 Å². The lowest BCUT2D eigenvalue weighted by molar-refractivity contribution is 1.44. The van der Waals surface area contributed by atoms with Crippen LogP contribution in [0.3, 0.4) is 0 Å². The Balaban J connectivity index is 2.33. The van der Waals surface area contributed by atoms with Gasteiger partial charge in [0, 0.05) is 24.0 Å². The highest BCUT2D eigenvalue weighted by Crippen LogP contribution is 2.18. The van der Waals surface area contributed by atoms with Crippen LogP contribution in [0.5, 0.6) is 0 Å². The highest BCUT2D eigenvalue weighted by Gasteiger charge is 2.03. The molecule has 1 N–H and O–H groups in total. The fourth-order valence-corrected chi connectivity index (χ4v) is 1.81. The zero-order valence-electron chi connectivity index (χ0n) is 11.2. The highest BCUT2D eigenvalue weighted by molar-refractivity contribution is 6.06. The van der Waals surface area contributed by atoms with Crippen LogP contribution < -0.4 is 5.32 Å². The minimum absolute atomic E-state index is 0.957. The van der Waals surface area contributed by atoms with Gasteiger partial charge in [-0.1, -0.05) is 36.4 Å². The van der Waals surface area contributed by atoms with Crippen LogP contribution in [0.2, 0.25) is 0 Å². The molecule has 0 unspecified atom stereocenters. The molecule has 0 aromatic heterocycles. The summed E-state index contributed by atoms with van der Waals surface area (Å²) < 4.78 is 0. The van der Waals surface area contributed by atoms with Crippen LogP contribution in [0.4, 0.5) is 11.4 Å². The van der Waals surface area contributed by atoms with Crippen molar-refractivity contribution in [3.05, 3.63) is 60.2 Å². The third kappa shape index (κ3) is 3.52. The Hall–Kier alpha value is -2.42. The third-order valence-corrected chi connectivity index (χ3v) is 2.72. The van der Waals surface area contributed by atoms with Crippen LogP contribution in [-0.4, -0.2) is 19.1 Å². The van der Waals surface area contributed by atoms with E-state index in [1.54, 1.807) is 13.4 Å². The number of anilines is 1. The van der Waals surface area contributed by atoms with Crippen molar-refractivity contribution >= 4 is 23.4 Å². The van der Waals surface area contributed by atoms with Crippen LogP contribution in [0.25, 0.3) is 0 Å². The van der Waals surface area contributed by atoms with Gasteiger partial charge in [-0.3, -0.25) is 9.98 Å². The molecule has 96 valence electrons. The second kappa shape index (κ2) is 6.50. The molecule has 0 aliphatic carbocycles. The van der Waals surface area contributed by atoms with E-state index in [1.807, 2.05) is 61.5 Å². The molecule has 0 heterocycles. The molecule has 0 aliphatic rings. The molecule has 2 rings (SSSR count). The Labute approximate surface area is 113 Å². The molecule has 2 aromatic carbocycles. The molecule has 0 amide bonds. The van der Waals surface area contributed by atoms with Crippen LogP contribution in [0.1, 0.15) is 12.5 Å². The van der Waals surface area contributed by atoms with Gasteiger partial charge in [-0.25, -0.2) is 0 Å². The predicted octanol–water partition coefficient (Wildman–Crippen LogP) is 3.90. The average Bonchev–Trinajstić information content (AvgIpc) is 2.46. The topological polar surface area (TPSA) is 36.8 Å². The standard InChI is InChI=1S/C16H17N3/c1-13(19-14-8-4-3-5-9-14)15-10-6-7-11-16(15)18-12-17-2/h3-12H,1-2H3,(H,17,18). The van der Waals surface area contributed by atoms with E-state index in [0.29, 0.717) is 0 Å². The Kier molecular flexibility index (Phi) is 4.45. The SMILES string of the molecule is CN=CNc1ccccc1C(C)=Nc1ccccc1. The second-order valence-electron chi connectivity index (χ2n) is 4.11. The van der Waals surface area contributed by atoms with Gasteiger partial charge in [0.25, 0.3) is 0 Å². The molecule has 0 aliphatic heterocycles. The first-order valence-electron chi connectivity index (χ1n) is 6.18. The number of hydrogen-bond donors (Lipinski definition) is 1. The molecular weight excluding hydrogens is 234 g/mol. The van der Waals surface area contributed by atoms with E-state index in [9.17, 15) is 0 Å². The van der Waals surface area contributed by atoms with Crippen molar-refractivity contribution in [1.29, 1.82) is 0 Å². The summed E-state index contributed by atoms with van der Waals surface area (Å²) in [5, 5.41) is 3.16. The summed E-state index contributed by atoms with van der Waals surface area (Å²) in [5.74, 6) is 0. The van der Waals surface area contributed by atoms with Crippen LogP contribution in [-0.2, 0) is 0 Å². The van der Waals surface area contributed by atoms with Gasteiger partial charge >= 0.3 is 0 Å². The zero-order valence-corrected chi connectivity index (χ0v) is 11.2. The van der Waals surface area contributed by atoms with Crippen molar-refractivity contribution < 1.29 is 0 Å². The number of rotatable bonds is 4. The van der Waals surface area contributed by atoms with E-state index in [2.05, 4.69) is 15.3 Å². The number of hydrogen-bond acceptors (Lipinski definition) is 2. The zero-order chi connectivity index (χ0) is 13.5. The Morgan fingerprint density at radius 2 is 1.68 bits per heavy atom. The van der Waals surface area contributed by atoms with Crippen molar-refractivity contribution in [2.24, 2.45) is 9.98 Å². The maximum atomic E-state index is 4.63. The van der Waals surface area contributed by atoms with Gasteiger partial charge in [-0.05, 0) is 25.1 Å². The number of aliphatic imine (C=N–C) groups is 2. The molecule has 0 atom stereocenters. The second-order valence-corrected chi connectivity index (χ2v) is 4.11. The van der Waals surface area contributed by atoms with E-state index in [4.69, 9.17) is 0 Å². The summed E-state index contributed by atoms with van der Waals surface area (Å²) in [6.45, 7) is 2.01. The number of nitrogens with zero attached hydrogens (tertiary/aromatic N) is 2. The molecule has 2 aromatic rings. The summed E-state index contributed by atoms with van der Waals surface area (Å²) in [7, 11) is 1.74. The van der Waals surface area contributed by atoms with E-state index in [0.717, 1.165) is 22.6 Å². The number of benzene rings is 2. The smallest absolute Gasteiger partial charge is 0.0864 e. The van der Waals surface area contributed by atoms with Gasteiger partial charge in [-0.15, -0.1) is 0 Å². The largest absolute Gasteiger partial charge is 0.346 e. The number of para-hydroxylation sites is 2. The Morgan fingerprint density at radius 3 is 2.42 bits per heavy atom. The average molecular weight is 251 g/mol. The van der Waals surface area contributed by atoms with Gasteiger partial charge in [0.2, 0.25) is 0 Å². The summed E-state index contributed by atoms with van der Waals surface area (Å²) in [6.07, 6.45) is 1.68. The molecule has 3 heteroatoms. The molecule has 0 bridgehead atoms. The Morgan fingerprint density at radius 1 is 1.00 bits per heavy atom. The van der Waals surface area contributed by atoms with Gasteiger partial charge in [0.1, 0.15) is 0 Å². The summed E-state index contributed by atoms with van der Waals surface area (Å²) in [6, 6.07) is 18.0. The highest BCUT2D eigenvalue weighted by atomic mass is 14.9. The monoisotopic (exact) mass is 251 g/mol. The van der Waals surface area contributed by atoms with Gasteiger partial charge in [0.05, 0.1) is 12.0 Å². The predicted molar refractivity (Wildman–Crippen MR) is 82.8 cm³/mol. The molecule has 19 heavy (non-hydrogen) atoms. The van der Waals surface area contributed by atoms with E-state index in [-0.39, 0.29) is 0 Å². The summed E-state index contributed by atoms with van der Waals surface area (Å²) in [5.41, 5.74) is 4.01. The fourth-order valence-electron chi connectivity index (χ4n) is 1.81. The minimum atomic E-state index is 0.957. The lowest BCUT2D eigenvalue weighted by atomic mass is 10.1. The quantitative estimate of drug-likeness (QED) is 0.649. The maximum Gasteiger partial charge on any atom is 0.0864 e. The first-order valence-corrected chi connectivity index (χ1v) is 6.18. The van der Waals surface area contributed by atoms with E-state index >= 15 is 0 Å². The summed E-state index contributed by atoms with van der Waals surface area (Å²) in [4.78, 5) is 8.57. The molecule has 0 saturated carbocycles. The Bertz CT molecular complexity index is 586. The van der Waals surface area contributed by atoms with Crippen LogP contribution >= 0.6 is 0 Å². The lowest BCUT2D eigenvalue weighted by Crippen LogP contribution is -2.03. The first-order chi connectivity index (χ1) is 9.31. The van der Waals surface area contributed by atoms with Gasteiger partial charge < -0.3 is 5.32 Å². The van der Waals surface area contributed by atoms with Crippen molar-refractivity contribution in [1.82, 2.24) is 0 Å². The lowest BCUT2D eigenvalue weighted by Gasteiger charge is -2.08.